The molecule has 0 radical (unpaired) electrons. The van der Waals surface area contributed by atoms with Crippen LogP contribution in [0.4, 0.5) is 21.5 Å². The van der Waals surface area contributed by atoms with E-state index in [1.165, 1.54) is 25.3 Å². The number of ether oxygens (including phenoxy) is 1. The predicted molar refractivity (Wildman–Crippen MR) is 98.2 cm³/mol. The van der Waals surface area contributed by atoms with Crippen molar-refractivity contribution < 1.29 is 23.5 Å². The third-order valence-electron chi connectivity index (χ3n) is 4.09. The average Bonchev–Trinajstić information content (AvgIpc) is 3.07. The molecule has 2 aromatic carbocycles. The SMILES string of the molecule is COc1ccc(NC(=O)C(=O)Nc2cccc(F)c2)cc1N1CCCC1=O. The van der Waals surface area contributed by atoms with Crippen molar-refractivity contribution in [2.75, 3.05) is 29.2 Å². The number of benzene rings is 2. The molecule has 0 spiro atoms. The summed E-state index contributed by atoms with van der Waals surface area (Å²) in [6.07, 6.45) is 1.20. The Bertz CT molecular complexity index is 900. The molecule has 2 aromatic rings. The number of hydrogen-bond donors (Lipinski definition) is 2. The second-order valence-corrected chi connectivity index (χ2v) is 5.95. The van der Waals surface area contributed by atoms with Crippen molar-refractivity contribution in [3.8, 4) is 5.75 Å². The summed E-state index contributed by atoms with van der Waals surface area (Å²) in [7, 11) is 1.49. The molecule has 27 heavy (non-hydrogen) atoms. The van der Waals surface area contributed by atoms with Crippen LogP contribution in [0.25, 0.3) is 0 Å². The summed E-state index contributed by atoms with van der Waals surface area (Å²) >= 11 is 0. The lowest BCUT2D eigenvalue weighted by Crippen LogP contribution is -2.29. The fourth-order valence-corrected chi connectivity index (χ4v) is 2.82. The molecule has 8 heteroatoms. The van der Waals surface area contributed by atoms with E-state index in [9.17, 15) is 18.8 Å². The van der Waals surface area contributed by atoms with Crippen LogP contribution in [0.2, 0.25) is 0 Å². The summed E-state index contributed by atoms with van der Waals surface area (Å²) < 4.78 is 18.4. The van der Waals surface area contributed by atoms with Crippen LogP contribution >= 0.6 is 0 Å². The fourth-order valence-electron chi connectivity index (χ4n) is 2.82. The maximum atomic E-state index is 13.2. The van der Waals surface area contributed by atoms with E-state index >= 15 is 0 Å². The van der Waals surface area contributed by atoms with E-state index in [-0.39, 0.29) is 11.6 Å². The van der Waals surface area contributed by atoms with Crippen molar-refractivity contribution in [3.05, 3.63) is 48.3 Å². The van der Waals surface area contributed by atoms with Crippen LogP contribution in [-0.4, -0.2) is 31.4 Å². The molecule has 1 saturated heterocycles. The third kappa shape index (κ3) is 4.22. The predicted octanol–water partition coefficient (Wildman–Crippen LogP) is 2.54. The van der Waals surface area contributed by atoms with Crippen molar-refractivity contribution in [2.24, 2.45) is 0 Å². The average molecular weight is 371 g/mol. The number of anilines is 3. The highest BCUT2D eigenvalue weighted by atomic mass is 19.1. The van der Waals surface area contributed by atoms with E-state index in [0.29, 0.717) is 30.1 Å². The van der Waals surface area contributed by atoms with Crippen LogP contribution in [0, 0.1) is 5.82 Å². The lowest BCUT2D eigenvalue weighted by Gasteiger charge is -2.20. The number of methoxy groups -OCH3 is 1. The summed E-state index contributed by atoms with van der Waals surface area (Å²) in [6.45, 7) is 0.562. The minimum Gasteiger partial charge on any atom is -0.495 e. The maximum absolute atomic E-state index is 13.2. The molecule has 3 amide bonds. The molecule has 140 valence electrons. The molecule has 1 fully saturated rings. The Morgan fingerprint density at radius 2 is 1.78 bits per heavy atom. The number of nitrogens with zero attached hydrogens (tertiary/aromatic N) is 1. The Labute approximate surface area is 155 Å². The van der Waals surface area contributed by atoms with E-state index in [4.69, 9.17) is 4.74 Å². The molecule has 0 aliphatic carbocycles. The highest BCUT2D eigenvalue weighted by Gasteiger charge is 2.25. The topological polar surface area (TPSA) is 87.7 Å². The van der Waals surface area contributed by atoms with Crippen molar-refractivity contribution in [2.45, 2.75) is 12.8 Å². The fraction of sp³-hybridized carbons (Fsp3) is 0.211. The number of hydrogen-bond acceptors (Lipinski definition) is 4. The first-order chi connectivity index (χ1) is 13.0. The Hall–Kier alpha value is -3.42. The molecule has 0 saturated carbocycles. The van der Waals surface area contributed by atoms with Crippen LogP contribution in [0.15, 0.2) is 42.5 Å². The number of nitrogens with one attached hydrogen (secondary N) is 2. The highest BCUT2D eigenvalue weighted by Crippen LogP contribution is 2.34. The molecular weight excluding hydrogens is 353 g/mol. The van der Waals surface area contributed by atoms with Crippen LogP contribution in [-0.2, 0) is 14.4 Å². The number of carbonyl (C=O) groups excluding carboxylic acids is 3. The van der Waals surface area contributed by atoms with Crippen LogP contribution in [0.1, 0.15) is 12.8 Å². The van der Waals surface area contributed by atoms with Crippen molar-refractivity contribution in [1.29, 1.82) is 0 Å². The van der Waals surface area contributed by atoms with E-state index in [1.807, 2.05) is 0 Å². The smallest absolute Gasteiger partial charge is 0.314 e. The minimum atomic E-state index is -0.935. The van der Waals surface area contributed by atoms with Crippen molar-refractivity contribution in [3.63, 3.8) is 0 Å². The molecular formula is C19H18FN3O4. The zero-order chi connectivity index (χ0) is 19.4. The zero-order valence-corrected chi connectivity index (χ0v) is 14.6. The lowest BCUT2D eigenvalue weighted by atomic mass is 10.2. The number of amides is 3. The molecule has 2 N–H and O–H groups in total. The van der Waals surface area contributed by atoms with Crippen LogP contribution < -0.4 is 20.3 Å². The second kappa shape index (κ2) is 7.86. The summed E-state index contributed by atoms with van der Waals surface area (Å²) in [6, 6.07) is 9.99. The highest BCUT2D eigenvalue weighted by molar-refractivity contribution is 6.43. The van der Waals surface area contributed by atoms with Gasteiger partial charge in [0, 0.05) is 24.3 Å². The summed E-state index contributed by atoms with van der Waals surface area (Å²) in [4.78, 5) is 37.7. The van der Waals surface area contributed by atoms with E-state index in [1.54, 1.807) is 23.1 Å². The van der Waals surface area contributed by atoms with E-state index < -0.39 is 17.6 Å². The second-order valence-electron chi connectivity index (χ2n) is 5.95. The van der Waals surface area contributed by atoms with Crippen molar-refractivity contribution in [1.82, 2.24) is 0 Å². The van der Waals surface area contributed by atoms with Gasteiger partial charge in [-0.15, -0.1) is 0 Å². The summed E-state index contributed by atoms with van der Waals surface area (Å²) in [5.41, 5.74) is 1.04. The molecule has 0 bridgehead atoms. The third-order valence-corrected chi connectivity index (χ3v) is 4.09. The molecule has 0 aromatic heterocycles. The Morgan fingerprint density at radius 3 is 2.37 bits per heavy atom. The molecule has 1 heterocycles. The molecule has 1 aliphatic rings. The first kappa shape index (κ1) is 18.4. The maximum Gasteiger partial charge on any atom is 0.314 e. The summed E-state index contributed by atoms with van der Waals surface area (Å²) in [5.74, 6) is -1.91. The molecule has 1 aliphatic heterocycles. The van der Waals surface area contributed by atoms with Gasteiger partial charge in [-0.1, -0.05) is 6.07 Å². The Morgan fingerprint density at radius 1 is 1.07 bits per heavy atom. The van der Waals surface area contributed by atoms with Gasteiger partial charge in [-0.2, -0.15) is 0 Å². The van der Waals surface area contributed by atoms with Gasteiger partial charge in [-0.05, 0) is 42.8 Å². The van der Waals surface area contributed by atoms with Gasteiger partial charge in [0.2, 0.25) is 5.91 Å². The summed E-state index contributed by atoms with van der Waals surface area (Å²) in [5, 5.41) is 4.79. The van der Waals surface area contributed by atoms with Crippen LogP contribution in [0.5, 0.6) is 5.75 Å². The van der Waals surface area contributed by atoms with Gasteiger partial charge < -0.3 is 20.3 Å². The Kier molecular flexibility index (Phi) is 5.35. The molecule has 7 nitrogen and oxygen atoms in total. The van der Waals surface area contributed by atoms with Gasteiger partial charge >= 0.3 is 11.8 Å². The van der Waals surface area contributed by atoms with E-state index in [2.05, 4.69) is 10.6 Å². The zero-order valence-electron chi connectivity index (χ0n) is 14.6. The standard InChI is InChI=1S/C19H18FN3O4/c1-27-16-8-7-14(11-15(16)23-9-3-6-17(23)24)22-19(26)18(25)21-13-5-2-4-12(20)10-13/h2,4-5,7-8,10-11H,3,6,9H2,1H3,(H,21,25)(H,22,26). The molecule has 0 unspecified atom stereocenters. The lowest BCUT2D eigenvalue weighted by molar-refractivity contribution is -0.133. The number of rotatable bonds is 4. The van der Waals surface area contributed by atoms with Crippen molar-refractivity contribution >= 4 is 34.8 Å². The van der Waals surface area contributed by atoms with Gasteiger partial charge in [0.05, 0.1) is 12.8 Å². The van der Waals surface area contributed by atoms with E-state index in [0.717, 1.165) is 12.5 Å². The number of carbonyl (C=O) groups is 3. The first-order valence-corrected chi connectivity index (χ1v) is 8.34. The quantitative estimate of drug-likeness (QED) is 0.809. The minimum absolute atomic E-state index is 0.0272. The first-order valence-electron chi connectivity index (χ1n) is 8.34. The monoisotopic (exact) mass is 371 g/mol. The largest absolute Gasteiger partial charge is 0.495 e. The van der Waals surface area contributed by atoms with Gasteiger partial charge in [0.15, 0.2) is 0 Å². The Balaban J connectivity index is 1.73. The number of halogens is 1. The van der Waals surface area contributed by atoms with Gasteiger partial charge in [0.1, 0.15) is 11.6 Å². The molecule has 0 atom stereocenters. The van der Waals surface area contributed by atoms with Crippen LogP contribution in [0.3, 0.4) is 0 Å². The normalized spacial score (nSPS) is 13.4. The van der Waals surface area contributed by atoms with Gasteiger partial charge in [-0.25, -0.2) is 4.39 Å². The van der Waals surface area contributed by atoms with Gasteiger partial charge in [-0.3, -0.25) is 14.4 Å². The van der Waals surface area contributed by atoms with Gasteiger partial charge in [0.25, 0.3) is 0 Å². The molecule has 3 rings (SSSR count).